The third-order valence-corrected chi connectivity index (χ3v) is 6.17. The van der Waals surface area contributed by atoms with Crippen LogP contribution >= 0.6 is 0 Å². The number of amides is 1. The number of halogens is 1. The third kappa shape index (κ3) is 4.32. The molecule has 6 aromatic rings. The van der Waals surface area contributed by atoms with Gasteiger partial charge >= 0.3 is 0 Å². The largest absolute Gasteiger partial charge is 0.508 e. The van der Waals surface area contributed by atoms with Crippen LogP contribution in [0, 0.1) is 5.82 Å². The van der Waals surface area contributed by atoms with Crippen molar-refractivity contribution in [3.63, 3.8) is 0 Å². The van der Waals surface area contributed by atoms with Crippen LogP contribution in [0.25, 0.3) is 55.8 Å². The molecule has 0 unspecified atom stereocenters. The Kier molecular flexibility index (Phi) is 5.76. The molecule has 0 aliphatic rings. The molecule has 1 amide bonds. The summed E-state index contributed by atoms with van der Waals surface area (Å²) < 4.78 is 14.0. The van der Waals surface area contributed by atoms with Gasteiger partial charge in [-0.05, 0) is 42.3 Å². The highest BCUT2D eigenvalue weighted by Crippen LogP contribution is 2.34. The number of nitrogens with one attached hydrogen (secondary N) is 3. The molecule has 188 valence electrons. The Labute approximate surface area is 215 Å². The number of benzene rings is 2. The Hall–Kier alpha value is -5.12. The molecule has 38 heavy (non-hydrogen) atoms. The van der Waals surface area contributed by atoms with Gasteiger partial charge in [0.25, 0.3) is 0 Å². The number of fused-ring (bicyclic) bond motifs is 2. The molecule has 2 aromatic carbocycles. The zero-order valence-electron chi connectivity index (χ0n) is 20.3. The molecule has 0 aliphatic carbocycles. The molecule has 6 rings (SSSR count). The van der Waals surface area contributed by atoms with Crippen molar-refractivity contribution in [3.8, 4) is 39.7 Å². The summed E-state index contributed by atoms with van der Waals surface area (Å²) in [5.41, 5.74) is 5.87. The Morgan fingerprint density at radius 1 is 1.05 bits per heavy atom. The zero-order chi connectivity index (χ0) is 26.2. The fourth-order valence-corrected chi connectivity index (χ4v) is 4.46. The van der Waals surface area contributed by atoms with E-state index in [1.54, 1.807) is 18.6 Å². The van der Waals surface area contributed by atoms with Crippen LogP contribution in [0.4, 0.5) is 10.1 Å². The topological polar surface area (TPSA) is 132 Å². The molecule has 9 nitrogen and oxygen atoms in total. The number of nitrogens with zero attached hydrogens (tertiary/aromatic N) is 4. The number of imidazole rings is 1. The van der Waals surface area contributed by atoms with Crippen molar-refractivity contribution >= 4 is 33.5 Å². The van der Waals surface area contributed by atoms with Gasteiger partial charge in [0, 0.05) is 35.2 Å². The van der Waals surface area contributed by atoms with Crippen molar-refractivity contribution in [2.45, 2.75) is 19.8 Å². The SMILES string of the molecule is CCCC(=O)Nc1cncc(-c2cc3c(-c4nc5c(-c6cc(O)cc(F)c6)cccc5[nH]4)n[nH]c3cn2)c1. The lowest BCUT2D eigenvalue weighted by molar-refractivity contribution is -0.116. The summed E-state index contributed by atoms with van der Waals surface area (Å²) in [6, 6.07) is 13.2. The second-order valence-corrected chi connectivity index (χ2v) is 8.93. The molecule has 0 bridgehead atoms. The second-order valence-electron chi connectivity index (χ2n) is 8.93. The van der Waals surface area contributed by atoms with Gasteiger partial charge in [0.05, 0.1) is 40.3 Å². The Bertz CT molecular complexity index is 1810. The molecule has 0 spiro atoms. The molecule has 4 aromatic heterocycles. The number of aromatic amines is 2. The second kappa shape index (κ2) is 9.40. The molecule has 0 fully saturated rings. The molecule has 0 atom stereocenters. The van der Waals surface area contributed by atoms with Gasteiger partial charge in [-0.25, -0.2) is 9.37 Å². The predicted octanol–water partition coefficient (Wildman–Crippen LogP) is 5.81. The molecule has 4 N–H and O–H groups in total. The van der Waals surface area contributed by atoms with Crippen molar-refractivity contribution in [1.29, 1.82) is 0 Å². The van der Waals surface area contributed by atoms with Gasteiger partial charge in [-0.3, -0.25) is 19.9 Å². The van der Waals surface area contributed by atoms with Gasteiger partial charge in [0.1, 0.15) is 17.3 Å². The summed E-state index contributed by atoms with van der Waals surface area (Å²) in [5.74, 6) is -0.232. The van der Waals surface area contributed by atoms with E-state index >= 15 is 0 Å². The van der Waals surface area contributed by atoms with E-state index in [0.29, 0.717) is 46.0 Å². The number of rotatable bonds is 6. The van der Waals surface area contributed by atoms with Crippen LogP contribution in [-0.2, 0) is 4.79 Å². The molecule has 0 aliphatic heterocycles. The first kappa shape index (κ1) is 23.3. The highest BCUT2D eigenvalue weighted by atomic mass is 19.1. The van der Waals surface area contributed by atoms with E-state index in [0.717, 1.165) is 34.5 Å². The normalized spacial score (nSPS) is 11.3. The first-order valence-corrected chi connectivity index (χ1v) is 12.1. The van der Waals surface area contributed by atoms with Crippen LogP contribution in [0.2, 0.25) is 0 Å². The fourth-order valence-electron chi connectivity index (χ4n) is 4.46. The summed E-state index contributed by atoms with van der Waals surface area (Å²) in [4.78, 5) is 28.9. The van der Waals surface area contributed by atoms with E-state index in [1.807, 2.05) is 37.3 Å². The highest BCUT2D eigenvalue weighted by molar-refractivity contribution is 5.98. The molecule has 4 heterocycles. The molecular weight excluding hydrogens is 485 g/mol. The summed E-state index contributed by atoms with van der Waals surface area (Å²) in [6.07, 6.45) is 6.17. The minimum absolute atomic E-state index is 0.0651. The van der Waals surface area contributed by atoms with Crippen molar-refractivity contribution in [2.24, 2.45) is 0 Å². The maximum atomic E-state index is 14.0. The number of phenols is 1. The number of aromatic nitrogens is 6. The Morgan fingerprint density at radius 3 is 2.79 bits per heavy atom. The lowest BCUT2D eigenvalue weighted by Crippen LogP contribution is -2.10. The summed E-state index contributed by atoms with van der Waals surface area (Å²) in [5, 5.41) is 21.0. The van der Waals surface area contributed by atoms with Crippen molar-refractivity contribution in [3.05, 3.63) is 72.9 Å². The molecule has 10 heteroatoms. The standard InChI is InChI=1S/C28H22FN7O2/c1-2-4-25(38)32-18-8-16(12-30-13-18)23-11-21-24(14-31-23)35-36-27(21)28-33-22-6-3-5-20(26(22)34-28)15-7-17(29)10-19(37)9-15/h3,5-14,37H,2,4H2,1H3,(H,32,38)(H,33,34)(H,35,36). The maximum absolute atomic E-state index is 14.0. The number of hydrogen-bond acceptors (Lipinski definition) is 6. The van der Waals surface area contributed by atoms with Gasteiger partial charge in [0.15, 0.2) is 5.82 Å². The third-order valence-electron chi connectivity index (χ3n) is 6.17. The van der Waals surface area contributed by atoms with E-state index < -0.39 is 5.82 Å². The van der Waals surface area contributed by atoms with Crippen LogP contribution in [0.3, 0.4) is 0 Å². The van der Waals surface area contributed by atoms with Crippen LogP contribution in [0.15, 0.2) is 67.1 Å². The summed E-state index contributed by atoms with van der Waals surface area (Å²) >= 11 is 0. The quantitative estimate of drug-likeness (QED) is 0.225. The lowest BCUT2D eigenvalue weighted by atomic mass is 10.0. The molecule has 0 saturated carbocycles. The van der Waals surface area contributed by atoms with E-state index in [-0.39, 0.29) is 11.7 Å². The van der Waals surface area contributed by atoms with Gasteiger partial charge in [-0.1, -0.05) is 19.1 Å². The number of H-pyrrole nitrogens is 2. The molecule has 0 saturated heterocycles. The van der Waals surface area contributed by atoms with Crippen molar-refractivity contribution in [1.82, 2.24) is 30.1 Å². The average molecular weight is 508 g/mol. The number of aromatic hydroxyl groups is 1. The van der Waals surface area contributed by atoms with E-state index in [1.165, 1.54) is 12.1 Å². The molecule has 0 radical (unpaired) electrons. The van der Waals surface area contributed by atoms with Crippen molar-refractivity contribution in [2.75, 3.05) is 5.32 Å². The van der Waals surface area contributed by atoms with E-state index in [9.17, 15) is 14.3 Å². The van der Waals surface area contributed by atoms with Crippen LogP contribution < -0.4 is 5.32 Å². The summed E-state index contributed by atoms with van der Waals surface area (Å²) in [7, 11) is 0. The number of pyridine rings is 2. The van der Waals surface area contributed by atoms with Crippen LogP contribution in [0.1, 0.15) is 19.8 Å². The Balaban J connectivity index is 1.41. The van der Waals surface area contributed by atoms with Crippen LogP contribution in [0.5, 0.6) is 5.75 Å². The predicted molar refractivity (Wildman–Crippen MR) is 143 cm³/mol. The van der Waals surface area contributed by atoms with Gasteiger partial charge in [0.2, 0.25) is 5.91 Å². The number of carbonyl (C=O) groups is 1. The average Bonchev–Trinajstić information content (AvgIpc) is 3.52. The van der Waals surface area contributed by atoms with Crippen molar-refractivity contribution < 1.29 is 14.3 Å². The van der Waals surface area contributed by atoms with Gasteiger partial charge < -0.3 is 15.4 Å². The highest BCUT2D eigenvalue weighted by Gasteiger charge is 2.17. The monoisotopic (exact) mass is 507 g/mol. The minimum Gasteiger partial charge on any atom is -0.508 e. The van der Waals surface area contributed by atoms with Gasteiger partial charge in [-0.15, -0.1) is 0 Å². The van der Waals surface area contributed by atoms with Crippen LogP contribution in [-0.4, -0.2) is 41.1 Å². The molecular formula is C28H22FN7O2. The Morgan fingerprint density at radius 2 is 1.95 bits per heavy atom. The first-order chi connectivity index (χ1) is 18.5. The maximum Gasteiger partial charge on any atom is 0.224 e. The van der Waals surface area contributed by atoms with E-state index in [2.05, 4.69) is 30.5 Å². The number of carbonyl (C=O) groups excluding carboxylic acids is 1. The van der Waals surface area contributed by atoms with E-state index in [4.69, 9.17) is 4.98 Å². The first-order valence-electron chi connectivity index (χ1n) is 12.1. The lowest BCUT2D eigenvalue weighted by Gasteiger charge is -2.06. The number of phenolic OH excluding ortho intramolecular Hbond substituents is 1. The number of para-hydroxylation sites is 1. The minimum atomic E-state index is -0.533. The smallest absolute Gasteiger partial charge is 0.224 e. The summed E-state index contributed by atoms with van der Waals surface area (Å²) in [6.45, 7) is 1.95. The van der Waals surface area contributed by atoms with Gasteiger partial charge in [-0.2, -0.15) is 5.10 Å². The number of anilines is 1. The zero-order valence-corrected chi connectivity index (χ0v) is 20.3. The number of hydrogen-bond donors (Lipinski definition) is 4. The fraction of sp³-hybridized carbons (Fsp3) is 0.107.